The highest BCUT2D eigenvalue weighted by Crippen LogP contribution is 2.80. The Morgan fingerprint density at radius 2 is 1.20 bits per heavy atom. The summed E-state index contributed by atoms with van der Waals surface area (Å²) >= 11 is 17.3. The van der Waals surface area contributed by atoms with Gasteiger partial charge in [-0.15, -0.1) is 0 Å². The van der Waals surface area contributed by atoms with Crippen LogP contribution in [0.25, 0.3) is 0 Å². The molecule has 0 radical (unpaired) electrons. The van der Waals surface area contributed by atoms with E-state index < -0.39 is 2.96 Å². The first-order chi connectivity index (χ1) is 2.00. The zero-order valence-corrected chi connectivity index (χ0v) is 7.28. The Kier molecular flexibility index (Phi) is 3.33. The molecule has 0 nitrogen and oxygen atoms in total. The van der Waals surface area contributed by atoms with Crippen molar-refractivity contribution in [1.82, 2.24) is 0 Å². The fourth-order valence-corrected chi connectivity index (χ4v) is 0. The minimum Gasteiger partial charge on any atom is 0.139 e. The maximum Gasteiger partial charge on any atom is 0.365 e. The molecular weight excluding hydrogens is 264 g/mol. The molecule has 0 aromatic rings. The molecule has 0 saturated carbocycles. The molecule has 0 fully saturated rings. The molecule has 0 aromatic heterocycles. The molecule has 0 aliphatic heterocycles. The summed E-state index contributed by atoms with van der Waals surface area (Å²) in [7, 11) is 0. The van der Waals surface area contributed by atoms with Crippen LogP contribution >= 0.6 is 58.7 Å². The van der Waals surface area contributed by atoms with Gasteiger partial charge < -0.3 is 0 Å². The number of halogens is 4. The Morgan fingerprint density at radius 3 is 1.20 bits per heavy atom. The van der Waals surface area contributed by atoms with Crippen molar-refractivity contribution in [3.63, 3.8) is 0 Å². The second-order valence-electron chi connectivity index (χ2n) is 0.383. The van der Waals surface area contributed by atoms with Crippen molar-refractivity contribution in [2.75, 3.05) is 0 Å². The van der Waals surface area contributed by atoms with Gasteiger partial charge >= 0.3 is 2.96 Å². The van der Waals surface area contributed by atoms with Gasteiger partial charge in [-0.05, 0) is 0 Å². The zero-order chi connectivity index (χ0) is 4.50. The summed E-state index contributed by atoms with van der Waals surface area (Å²) in [5, 5.41) is 0. The highest BCUT2D eigenvalue weighted by molar-refractivity contribution is 14.2. The lowest BCUT2D eigenvalue weighted by molar-refractivity contribution is 4.54. The van der Waals surface area contributed by atoms with Crippen molar-refractivity contribution in [3.05, 3.63) is 0 Å². The fourth-order valence-electron chi connectivity index (χ4n) is 0. The first kappa shape index (κ1) is 7.03. The highest BCUT2D eigenvalue weighted by Gasteiger charge is 2.27. The first-order valence-electron chi connectivity index (χ1n) is 0.676. The fraction of sp³-hybridized carbons (Fsp3) is 0. The van der Waals surface area contributed by atoms with E-state index in [-0.39, 0.29) is 0 Å². The summed E-state index contributed by atoms with van der Waals surface area (Å²) in [6, 6.07) is 0. The predicted molar refractivity (Wildman–Crippen MR) is 38.5 cm³/mol. The van der Waals surface area contributed by atoms with Gasteiger partial charge in [-0.3, -0.25) is 0 Å². The molecule has 0 spiro atoms. The lowest BCUT2D eigenvalue weighted by Gasteiger charge is -1.74. The first-order valence-corrected chi connectivity index (χ1v) is 7.97. The summed E-state index contributed by atoms with van der Waals surface area (Å²) in [5.41, 5.74) is 0. The van der Waals surface area contributed by atoms with E-state index in [2.05, 4.69) is 0 Å². The molecule has 0 N–H and O–H groups in total. The number of rotatable bonds is 0. The molecule has 0 unspecified atom stereocenters. The largest absolute Gasteiger partial charge is 0.365 e. The van der Waals surface area contributed by atoms with E-state index in [0.29, 0.717) is 0 Å². The SMILES string of the molecule is Cl[P+](Cl)(Cl)I. The summed E-state index contributed by atoms with van der Waals surface area (Å²) < 4.78 is -2.00. The number of hydrogen-bond acceptors (Lipinski definition) is 0. The summed E-state index contributed by atoms with van der Waals surface area (Å²) in [5.74, 6) is 0. The van der Waals surface area contributed by atoms with Crippen LogP contribution in [0.15, 0.2) is 0 Å². The third kappa shape index (κ3) is 23.8. The molecule has 0 aliphatic carbocycles. The Hall–Kier alpha value is 2.03. The van der Waals surface area contributed by atoms with Crippen molar-refractivity contribution in [3.8, 4) is 0 Å². The van der Waals surface area contributed by atoms with Gasteiger partial charge in [0.25, 0.3) is 0 Å². The average Bonchev–Trinajstić information content (AvgIpc) is 0.722. The Balaban J connectivity index is 3.02. The van der Waals surface area contributed by atoms with Gasteiger partial charge in [0.1, 0.15) is 33.7 Å². The van der Waals surface area contributed by atoms with Crippen LogP contribution in [0.1, 0.15) is 0 Å². The lowest BCUT2D eigenvalue weighted by Crippen LogP contribution is -1.20. The molecular formula is Cl3IP+. The molecule has 0 rings (SSSR count). The van der Waals surface area contributed by atoms with Crippen LogP contribution in [0.5, 0.6) is 0 Å². The standard InChI is InChI=1S/Cl3IP/c1-5(2,3)4/q+1. The maximum absolute atomic E-state index is 5.16. The third-order valence-electron chi connectivity index (χ3n) is 0. The van der Waals surface area contributed by atoms with Crippen LogP contribution in [0.4, 0.5) is 0 Å². The van der Waals surface area contributed by atoms with Crippen LogP contribution in [0.2, 0.25) is 0 Å². The van der Waals surface area contributed by atoms with Crippen molar-refractivity contribution >= 4 is 58.7 Å². The van der Waals surface area contributed by atoms with Crippen LogP contribution < -0.4 is 0 Å². The smallest absolute Gasteiger partial charge is 0.139 e. The normalized spacial score (nSPS) is 12.0. The van der Waals surface area contributed by atoms with Crippen molar-refractivity contribution in [2.45, 2.75) is 0 Å². The summed E-state index contributed by atoms with van der Waals surface area (Å²) in [6.07, 6.45) is 0. The van der Waals surface area contributed by atoms with E-state index in [1.165, 1.54) is 0 Å². The van der Waals surface area contributed by atoms with Crippen LogP contribution in [0, 0.1) is 0 Å². The minimum atomic E-state index is -2.00. The topological polar surface area (TPSA) is 0 Å². The molecule has 5 heteroatoms. The van der Waals surface area contributed by atoms with Crippen molar-refractivity contribution in [1.29, 1.82) is 0 Å². The molecule has 0 saturated heterocycles. The second kappa shape index (κ2) is 2.37. The lowest BCUT2D eigenvalue weighted by atomic mass is 30.4. The second-order valence-corrected chi connectivity index (χ2v) is 16.7. The van der Waals surface area contributed by atoms with E-state index in [1.807, 2.05) is 0 Å². The maximum atomic E-state index is 5.16. The van der Waals surface area contributed by atoms with Gasteiger partial charge in [-0.25, -0.2) is 0 Å². The van der Waals surface area contributed by atoms with E-state index >= 15 is 0 Å². The number of hydrogen-bond donors (Lipinski definition) is 0. The van der Waals surface area contributed by atoms with Gasteiger partial charge in [-0.1, -0.05) is 0 Å². The van der Waals surface area contributed by atoms with Gasteiger partial charge in [0, 0.05) is 0 Å². The van der Waals surface area contributed by atoms with Crippen LogP contribution in [-0.2, 0) is 0 Å². The molecule has 0 aromatic carbocycles. The molecule has 32 valence electrons. The van der Waals surface area contributed by atoms with Crippen molar-refractivity contribution in [2.24, 2.45) is 0 Å². The van der Waals surface area contributed by atoms with Crippen molar-refractivity contribution < 1.29 is 0 Å². The predicted octanol–water partition coefficient (Wildman–Crippen LogP) is 3.82. The van der Waals surface area contributed by atoms with Gasteiger partial charge in [-0.2, -0.15) is 0 Å². The van der Waals surface area contributed by atoms with E-state index in [1.54, 1.807) is 22.0 Å². The third-order valence-corrected chi connectivity index (χ3v) is 0. The van der Waals surface area contributed by atoms with Gasteiger partial charge in [0.05, 0.1) is 0 Å². The molecule has 0 atom stereocenters. The summed E-state index contributed by atoms with van der Waals surface area (Å²) in [6.45, 7) is 0. The van der Waals surface area contributed by atoms with Gasteiger partial charge in [0.2, 0.25) is 22.0 Å². The molecule has 0 bridgehead atoms. The Morgan fingerprint density at radius 1 is 1.20 bits per heavy atom. The molecule has 5 heavy (non-hydrogen) atoms. The Bertz CT molecular complexity index is 22.4. The molecule has 0 aliphatic rings. The highest BCUT2D eigenvalue weighted by atomic mass is 127. The van der Waals surface area contributed by atoms with E-state index in [0.717, 1.165) is 0 Å². The summed E-state index contributed by atoms with van der Waals surface area (Å²) in [4.78, 5) is 0. The quantitative estimate of drug-likeness (QED) is 0.461. The van der Waals surface area contributed by atoms with Crippen LogP contribution in [-0.4, -0.2) is 0 Å². The molecule has 0 amide bonds. The van der Waals surface area contributed by atoms with Crippen LogP contribution in [0.3, 0.4) is 0 Å². The van der Waals surface area contributed by atoms with Gasteiger partial charge in [0.15, 0.2) is 0 Å². The minimum absolute atomic E-state index is 1.78. The zero-order valence-electron chi connectivity index (χ0n) is 1.96. The Labute approximate surface area is 58.4 Å². The van der Waals surface area contributed by atoms with E-state index in [4.69, 9.17) is 33.7 Å². The average molecular weight is 264 g/mol. The van der Waals surface area contributed by atoms with E-state index in [9.17, 15) is 0 Å². The monoisotopic (exact) mass is 263 g/mol. The molecule has 0 heterocycles.